The Hall–Kier alpha value is -5.02. The number of amides is 3. The fraction of sp³-hybridized carbons (Fsp3) is 0.300. The fourth-order valence-electron chi connectivity index (χ4n) is 4.36. The van der Waals surface area contributed by atoms with Gasteiger partial charge in [-0.1, -0.05) is 36.6 Å². The first-order valence-corrected chi connectivity index (χ1v) is 14.4. The standard InChI is InChI=1S/C30H32N4O10S/c1-5-14-42-29(38)24-9-7-8-23(28(37)32(4)44-15-6-2)26(24)31-27(36)25-16-22(45-19(3)35)17-33(25)30(39)43-18-20-10-12-21(13-11-20)34(40)41/h5-13,22,25H,1-2,14-18H2,3-4H3,(H,31,36)/t22-,25-/m0/s1. The van der Waals surface area contributed by atoms with Crippen molar-refractivity contribution >= 4 is 52.1 Å². The van der Waals surface area contributed by atoms with Gasteiger partial charge in [-0.2, -0.15) is 0 Å². The Morgan fingerprint density at radius 1 is 1.07 bits per heavy atom. The maximum absolute atomic E-state index is 13.8. The molecular formula is C30H32N4O10S. The molecular weight excluding hydrogens is 608 g/mol. The Kier molecular flexibility index (Phi) is 12.4. The maximum atomic E-state index is 13.8. The van der Waals surface area contributed by atoms with Gasteiger partial charge in [0.2, 0.25) is 5.91 Å². The van der Waals surface area contributed by atoms with Crippen molar-refractivity contribution in [3.8, 4) is 0 Å². The zero-order chi connectivity index (χ0) is 33.1. The molecule has 0 unspecified atom stereocenters. The number of carbonyl (C=O) groups is 5. The molecule has 2 atom stereocenters. The summed E-state index contributed by atoms with van der Waals surface area (Å²) in [5.74, 6) is -2.28. The first-order chi connectivity index (χ1) is 21.5. The van der Waals surface area contributed by atoms with Gasteiger partial charge in [0.1, 0.15) is 19.3 Å². The number of nitro groups is 1. The Labute approximate surface area is 263 Å². The van der Waals surface area contributed by atoms with E-state index in [2.05, 4.69) is 18.5 Å². The van der Waals surface area contributed by atoms with E-state index in [1.165, 1.54) is 68.6 Å². The first kappa shape index (κ1) is 34.5. The van der Waals surface area contributed by atoms with E-state index in [9.17, 15) is 34.1 Å². The largest absolute Gasteiger partial charge is 0.458 e. The van der Waals surface area contributed by atoms with E-state index in [0.29, 0.717) is 5.56 Å². The normalized spacial score (nSPS) is 15.5. The van der Waals surface area contributed by atoms with Gasteiger partial charge >= 0.3 is 12.1 Å². The highest BCUT2D eigenvalue weighted by Crippen LogP contribution is 2.31. The summed E-state index contributed by atoms with van der Waals surface area (Å²) in [5, 5.41) is 13.8. The number of thioether (sulfide) groups is 1. The van der Waals surface area contributed by atoms with E-state index in [1.54, 1.807) is 0 Å². The molecule has 0 aliphatic carbocycles. The Morgan fingerprint density at radius 3 is 2.36 bits per heavy atom. The lowest BCUT2D eigenvalue weighted by molar-refractivity contribution is -0.384. The first-order valence-electron chi connectivity index (χ1n) is 13.5. The van der Waals surface area contributed by atoms with E-state index >= 15 is 0 Å². The molecule has 0 aromatic heterocycles. The minimum atomic E-state index is -1.15. The van der Waals surface area contributed by atoms with Crippen molar-refractivity contribution in [2.75, 3.05) is 32.1 Å². The highest BCUT2D eigenvalue weighted by atomic mass is 32.2. The van der Waals surface area contributed by atoms with E-state index < -0.39 is 40.1 Å². The highest BCUT2D eigenvalue weighted by molar-refractivity contribution is 8.14. The van der Waals surface area contributed by atoms with Crippen LogP contribution < -0.4 is 5.32 Å². The number of ether oxygens (including phenoxy) is 2. The minimum absolute atomic E-state index is 0.00559. The summed E-state index contributed by atoms with van der Waals surface area (Å²) in [5.41, 5.74) is -0.0503. The van der Waals surface area contributed by atoms with E-state index in [-0.39, 0.29) is 60.4 Å². The smallest absolute Gasteiger partial charge is 0.410 e. The topological polar surface area (TPSA) is 175 Å². The van der Waals surface area contributed by atoms with E-state index in [1.807, 2.05) is 0 Å². The second kappa shape index (κ2) is 16.2. The lowest BCUT2D eigenvalue weighted by Crippen LogP contribution is -2.44. The molecule has 238 valence electrons. The SMILES string of the molecule is C=CCOC(=O)c1cccc(C(=O)N(C)OCC=C)c1NC(=O)[C@@H]1C[C@H](SC(C)=O)CN1C(=O)OCc1ccc([N+](=O)[O-])cc1. The van der Waals surface area contributed by atoms with Gasteiger partial charge in [-0.3, -0.25) is 34.2 Å². The third-order valence-electron chi connectivity index (χ3n) is 6.41. The van der Waals surface area contributed by atoms with Crippen LogP contribution in [0.2, 0.25) is 0 Å². The van der Waals surface area contributed by atoms with Crippen molar-refractivity contribution in [3.63, 3.8) is 0 Å². The highest BCUT2D eigenvalue weighted by Gasteiger charge is 2.42. The number of benzene rings is 2. The van der Waals surface area contributed by atoms with Gasteiger partial charge in [0, 0.05) is 37.9 Å². The number of non-ortho nitro benzene ring substituents is 1. The van der Waals surface area contributed by atoms with Gasteiger partial charge in [0.25, 0.3) is 11.6 Å². The van der Waals surface area contributed by atoms with Crippen molar-refractivity contribution in [1.82, 2.24) is 9.96 Å². The molecule has 2 aromatic carbocycles. The van der Waals surface area contributed by atoms with E-state index in [0.717, 1.165) is 21.7 Å². The zero-order valence-corrected chi connectivity index (χ0v) is 25.4. The molecule has 1 saturated heterocycles. The molecule has 2 aromatic rings. The Bertz CT molecular complexity index is 1480. The number of nitrogens with one attached hydrogen (secondary N) is 1. The number of esters is 1. The van der Waals surface area contributed by atoms with Crippen LogP contribution in [0, 0.1) is 10.1 Å². The molecule has 1 fully saturated rings. The number of rotatable bonds is 13. The van der Waals surface area contributed by atoms with Crippen molar-refractivity contribution in [2.24, 2.45) is 0 Å². The number of nitro benzene ring substituents is 1. The number of carbonyl (C=O) groups excluding carboxylic acids is 5. The third-order valence-corrected chi connectivity index (χ3v) is 7.42. The number of hydrogen-bond acceptors (Lipinski definition) is 11. The molecule has 0 bridgehead atoms. The number of anilines is 1. The van der Waals surface area contributed by atoms with Gasteiger partial charge in [0.05, 0.1) is 28.3 Å². The van der Waals surface area contributed by atoms with Crippen LogP contribution in [0.25, 0.3) is 0 Å². The number of nitrogens with zero attached hydrogens (tertiary/aromatic N) is 3. The van der Waals surface area contributed by atoms with Gasteiger partial charge in [-0.15, -0.1) is 6.58 Å². The van der Waals surface area contributed by atoms with Gasteiger partial charge in [0.15, 0.2) is 5.12 Å². The predicted molar refractivity (Wildman–Crippen MR) is 164 cm³/mol. The molecule has 3 rings (SSSR count). The van der Waals surface area contributed by atoms with E-state index in [4.69, 9.17) is 14.3 Å². The third kappa shape index (κ3) is 9.23. The molecule has 0 spiro atoms. The zero-order valence-electron chi connectivity index (χ0n) is 24.6. The van der Waals surface area contributed by atoms with Crippen LogP contribution in [0.5, 0.6) is 0 Å². The second-order valence-corrected chi connectivity index (χ2v) is 11.1. The van der Waals surface area contributed by atoms with Gasteiger partial charge in [-0.25, -0.2) is 14.7 Å². The Balaban J connectivity index is 1.90. The van der Waals surface area contributed by atoms with Crippen LogP contribution in [0.3, 0.4) is 0 Å². The number of para-hydroxylation sites is 1. The number of likely N-dealkylation sites (tertiary alicyclic amines) is 1. The van der Waals surface area contributed by atoms with Crippen LogP contribution in [-0.2, 0) is 30.5 Å². The number of hydrogen-bond donors (Lipinski definition) is 1. The van der Waals surface area contributed by atoms with Gasteiger partial charge < -0.3 is 14.8 Å². The summed E-state index contributed by atoms with van der Waals surface area (Å²) in [6.07, 6.45) is 1.98. The molecule has 1 aliphatic rings. The molecule has 45 heavy (non-hydrogen) atoms. The van der Waals surface area contributed by atoms with Crippen LogP contribution in [0.1, 0.15) is 39.6 Å². The maximum Gasteiger partial charge on any atom is 0.410 e. The molecule has 1 N–H and O–H groups in total. The van der Waals surface area contributed by atoms with Crippen LogP contribution in [-0.4, -0.2) is 82.0 Å². The second-order valence-electron chi connectivity index (χ2n) is 9.61. The quantitative estimate of drug-likeness (QED) is 0.144. The predicted octanol–water partition coefficient (Wildman–Crippen LogP) is 4.13. The van der Waals surface area contributed by atoms with Crippen LogP contribution in [0.15, 0.2) is 67.8 Å². The molecule has 3 amide bonds. The van der Waals surface area contributed by atoms with Crippen LogP contribution >= 0.6 is 11.8 Å². The van der Waals surface area contributed by atoms with Crippen molar-refractivity contribution in [3.05, 3.63) is 94.6 Å². The Morgan fingerprint density at radius 2 is 1.73 bits per heavy atom. The summed E-state index contributed by atoms with van der Waals surface area (Å²) in [7, 11) is 1.35. The molecule has 1 heterocycles. The fourth-order valence-corrected chi connectivity index (χ4v) is 5.34. The van der Waals surface area contributed by atoms with Gasteiger partial charge in [-0.05, 0) is 36.2 Å². The summed E-state index contributed by atoms with van der Waals surface area (Å²) in [6.45, 7) is 8.05. The van der Waals surface area contributed by atoms with Crippen molar-refractivity contribution < 1.29 is 43.2 Å². The summed E-state index contributed by atoms with van der Waals surface area (Å²) in [6, 6.07) is 8.44. The number of hydroxylamine groups is 2. The molecule has 15 heteroatoms. The molecule has 1 aliphatic heterocycles. The molecule has 0 radical (unpaired) electrons. The molecule has 0 saturated carbocycles. The summed E-state index contributed by atoms with van der Waals surface area (Å²) < 4.78 is 10.6. The minimum Gasteiger partial charge on any atom is -0.458 e. The monoisotopic (exact) mass is 640 g/mol. The summed E-state index contributed by atoms with van der Waals surface area (Å²) >= 11 is 0.965. The average Bonchev–Trinajstić information content (AvgIpc) is 3.44. The van der Waals surface area contributed by atoms with Crippen molar-refractivity contribution in [2.45, 2.75) is 31.2 Å². The molecule has 14 nitrogen and oxygen atoms in total. The van der Waals surface area contributed by atoms with Crippen molar-refractivity contribution in [1.29, 1.82) is 0 Å². The average molecular weight is 641 g/mol. The lowest BCUT2D eigenvalue weighted by atomic mass is 10.0. The lowest BCUT2D eigenvalue weighted by Gasteiger charge is -2.25. The van der Waals surface area contributed by atoms with Crippen LogP contribution in [0.4, 0.5) is 16.2 Å². The summed E-state index contributed by atoms with van der Waals surface area (Å²) in [4.78, 5) is 81.8.